The van der Waals surface area contributed by atoms with Crippen LogP contribution in [0.25, 0.3) is 0 Å². The second-order valence-corrected chi connectivity index (χ2v) is 6.10. The molecule has 4 atom stereocenters. The fourth-order valence-electron chi connectivity index (χ4n) is 4.83. The van der Waals surface area contributed by atoms with Gasteiger partial charge < -0.3 is 9.47 Å². The van der Waals surface area contributed by atoms with E-state index in [9.17, 15) is 4.79 Å². The topological polar surface area (TPSA) is 48.0 Å². The van der Waals surface area contributed by atoms with E-state index in [-0.39, 0.29) is 16.9 Å². The van der Waals surface area contributed by atoms with Crippen LogP contribution in [0.5, 0.6) is 0 Å². The van der Waals surface area contributed by atoms with Crippen LogP contribution < -0.4 is 0 Å². The molecule has 0 aromatic rings. The van der Waals surface area contributed by atoms with Gasteiger partial charge in [0.1, 0.15) is 0 Å². The summed E-state index contributed by atoms with van der Waals surface area (Å²) in [6.45, 7) is 5.58. The number of nitrogens with zero attached hydrogens (tertiary/aromatic N) is 1. The van der Waals surface area contributed by atoms with Crippen LogP contribution in [-0.2, 0) is 19.1 Å². The highest BCUT2D eigenvalue weighted by atomic mass is 16.8. The van der Waals surface area contributed by atoms with Gasteiger partial charge in [-0.15, -0.1) is 0 Å². The van der Waals surface area contributed by atoms with E-state index in [0.29, 0.717) is 6.61 Å². The summed E-state index contributed by atoms with van der Waals surface area (Å²) >= 11 is 0. The van der Waals surface area contributed by atoms with Gasteiger partial charge in [0.25, 0.3) is 0 Å². The van der Waals surface area contributed by atoms with Crippen LogP contribution in [0.1, 0.15) is 39.5 Å². The summed E-state index contributed by atoms with van der Waals surface area (Å²) in [6.07, 6.45) is 3.59. The van der Waals surface area contributed by atoms with Gasteiger partial charge in [0.15, 0.2) is 6.10 Å². The first-order valence-corrected chi connectivity index (χ1v) is 6.91. The van der Waals surface area contributed by atoms with Crippen molar-refractivity contribution in [3.63, 3.8) is 0 Å². The van der Waals surface area contributed by atoms with E-state index in [0.717, 1.165) is 32.2 Å². The van der Waals surface area contributed by atoms with E-state index in [1.54, 1.807) is 0 Å². The maximum atomic E-state index is 12.1. The molecule has 4 aliphatic heterocycles. The van der Waals surface area contributed by atoms with E-state index in [1.807, 2.05) is 12.0 Å². The molecule has 4 saturated heterocycles. The summed E-state index contributed by atoms with van der Waals surface area (Å²) in [4.78, 5) is 18.1. The molecule has 0 aliphatic carbocycles. The lowest BCUT2D eigenvalue weighted by molar-refractivity contribution is -0.209. The molecule has 18 heavy (non-hydrogen) atoms. The van der Waals surface area contributed by atoms with Crippen molar-refractivity contribution in [2.24, 2.45) is 5.41 Å². The molecule has 0 amide bonds. The lowest BCUT2D eigenvalue weighted by Gasteiger charge is -2.40. The van der Waals surface area contributed by atoms with Gasteiger partial charge >= 0.3 is 5.97 Å². The van der Waals surface area contributed by atoms with Crippen molar-refractivity contribution in [3.8, 4) is 0 Å². The Morgan fingerprint density at radius 3 is 3.11 bits per heavy atom. The minimum atomic E-state index is -0.802. The number of hydrogen-bond donors (Lipinski definition) is 0. The van der Waals surface area contributed by atoms with Crippen LogP contribution in [0.3, 0.4) is 0 Å². The molecule has 0 aromatic carbocycles. The van der Waals surface area contributed by atoms with Crippen molar-refractivity contribution >= 4 is 5.97 Å². The van der Waals surface area contributed by atoms with Gasteiger partial charge in [0.2, 0.25) is 5.79 Å². The van der Waals surface area contributed by atoms with Gasteiger partial charge in [-0.3, -0.25) is 4.84 Å². The standard InChI is InChI=1S/C13H19NO4/c1-3-5-13-9-10(15)17-11(13,2)16-8-12(13)6-4-7-14(12)18-9/h9H,3-8H2,1-2H3/t9-,11+,12+,13-/m1/s1. The average molecular weight is 253 g/mol. The summed E-state index contributed by atoms with van der Waals surface area (Å²) < 4.78 is 11.5. The zero-order chi connectivity index (χ0) is 12.6. The van der Waals surface area contributed by atoms with E-state index < -0.39 is 11.9 Å². The Balaban J connectivity index is 1.92. The molecular formula is C13H19NO4. The maximum absolute atomic E-state index is 12.1. The number of esters is 1. The zero-order valence-corrected chi connectivity index (χ0v) is 10.9. The highest BCUT2D eigenvalue weighted by molar-refractivity contribution is 5.80. The third kappa shape index (κ3) is 0.868. The third-order valence-electron chi connectivity index (χ3n) is 5.49. The maximum Gasteiger partial charge on any atom is 0.340 e. The normalized spacial score (nSPS) is 53.7. The molecule has 4 aliphatic rings. The van der Waals surface area contributed by atoms with Crippen LogP contribution in [0, 0.1) is 5.41 Å². The molecule has 4 rings (SSSR count). The number of carbonyl (C=O) groups is 1. The van der Waals surface area contributed by atoms with E-state index in [1.165, 1.54) is 0 Å². The molecule has 0 radical (unpaired) electrons. The first-order valence-electron chi connectivity index (χ1n) is 6.91. The van der Waals surface area contributed by atoms with Gasteiger partial charge in [-0.05, 0) is 19.3 Å². The average Bonchev–Trinajstić information content (AvgIpc) is 2.94. The summed E-state index contributed by atoms with van der Waals surface area (Å²) in [5, 5.41) is 2.03. The van der Waals surface area contributed by atoms with E-state index in [2.05, 4.69) is 6.92 Å². The lowest BCUT2D eigenvalue weighted by atomic mass is 9.62. The summed E-state index contributed by atoms with van der Waals surface area (Å²) in [5.41, 5.74) is -0.461. The Hall–Kier alpha value is -0.650. The van der Waals surface area contributed by atoms with Crippen molar-refractivity contribution in [2.45, 2.75) is 57.0 Å². The van der Waals surface area contributed by atoms with Crippen molar-refractivity contribution in [2.75, 3.05) is 13.2 Å². The molecule has 5 nitrogen and oxygen atoms in total. The molecule has 5 heteroatoms. The second kappa shape index (κ2) is 3.08. The molecule has 100 valence electrons. The molecule has 4 fully saturated rings. The third-order valence-corrected chi connectivity index (χ3v) is 5.49. The number of carbonyl (C=O) groups excluding carboxylic acids is 1. The molecular weight excluding hydrogens is 234 g/mol. The molecule has 0 N–H and O–H groups in total. The summed E-state index contributed by atoms with van der Waals surface area (Å²) in [6, 6.07) is 0. The van der Waals surface area contributed by atoms with Crippen LogP contribution in [0.4, 0.5) is 0 Å². The van der Waals surface area contributed by atoms with Crippen molar-refractivity contribution < 1.29 is 19.1 Å². The Bertz CT molecular complexity index is 427. The van der Waals surface area contributed by atoms with Crippen LogP contribution in [0.15, 0.2) is 0 Å². The van der Waals surface area contributed by atoms with Gasteiger partial charge in [-0.2, -0.15) is 5.06 Å². The smallest absolute Gasteiger partial charge is 0.340 e. The van der Waals surface area contributed by atoms with E-state index in [4.69, 9.17) is 14.3 Å². The van der Waals surface area contributed by atoms with Crippen LogP contribution in [0.2, 0.25) is 0 Å². The molecule has 0 bridgehead atoms. The Morgan fingerprint density at radius 1 is 1.50 bits per heavy atom. The molecule has 0 aromatic heterocycles. The lowest BCUT2D eigenvalue weighted by Crippen LogP contribution is -2.55. The second-order valence-electron chi connectivity index (χ2n) is 6.10. The monoisotopic (exact) mass is 253 g/mol. The highest BCUT2D eigenvalue weighted by Crippen LogP contribution is 2.68. The van der Waals surface area contributed by atoms with Crippen molar-refractivity contribution in [3.05, 3.63) is 0 Å². The van der Waals surface area contributed by atoms with Crippen LogP contribution >= 0.6 is 0 Å². The zero-order valence-electron chi connectivity index (χ0n) is 10.9. The van der Waals surface area contributed by atoms with E-state index >= 15 is 0 Å². The Labute approximate surface area is 106 Å². The Morgan fingerprint density at radius 2 is 2.33 bits per heavy atom. The van der Waals surface area contributed by atoms with Gasteiger partial charge in [-0.25, -0.2) is 4.79 Å². The predicted octanol–water partition coefficient (Wildman–Crippen LogP) is 1.22. The molecule has 4 heterocycles. The van der Waals surface area contributed by atoms with Crippen molar-refractivity contribution in [1.82, 2.24) is 5.06 Å². The summed E-state index contributed by atoms with van der Waals surface area (Å²) in [7, 11) is 0. The Kier molecular flexibility index (Phi) is 1.92. The molecule has 1 spiro atoms. The predicted molar refractivity (Wildman–Crippen MR) is 61.3 cm³/mol. The highest BCUT2D eigenvalue weighted by Gasteiger charge is 2.84. The number of hydrogen-bond acceptors (Lipinski definition) is 5. The minimum absolute atomic E-state index is 0.144. The first-order chi connectivity index (χ1) is 8.60. The number of ether oxygens (including phenoxy) is 2. The van der Waals surface area contributed by atoms with Gasteiger partial charge in [0.05, 0.1) is 17.6 Å². The van der Waals surface area contributed by atoms with Gasteiger partial charge in [0, 0.05) is 13.5 Å². The SMILES string of the molecule is CCC[C@]12[C@@H]3ON4CCC[C@@]41CO[C@@]2(C)OC3=O. The first kappa shape index (κ1) is 11.2. The van der Waals surface area contributed by atoms with Crippen LogP contribution in [-0.4, -0.2) is 41.6 Å². The fourth-order valence-corrected chi connectivity index (χ4v) is 4.83. The largest absolute Gasteiger partial charge is 0.431 e. The minimum Gasteiger partial charge on any atom is -0.431 e. The van der Waals surface area contributed by atoms with Crippen molar-refractivity contribution in [1.29, 1.82) is 0 Å². The number of rotatable bonds is 2. The quantitative estimate of drug-likeness (QED) is 0.693. The summed E-state index contributed by atoms with van der Waals surface area (Å²) in [5.74, 6) is -1.05. The van der Waals surface area contributed by atoms with Gasteiger partial charge in [-0.1, -0.05) is 13.3 Å². The molecule has 0 saturated carbocycles. The molecule has 0 unspecified atom stereocenters. The number of hydroxylamine groups is 2. The fraction of sp³-hybridized carbons (Fsp3) is 0.923.